The van der Waals surface area contributed by atoms with Crippen LogP contribution in [0, 0.1) is 17.7 Å². The van der Waals surface area contributed by atoms with E-state index >= 15 is 0 Å². The van der Waals surface area contributed by atoms with Gasteiger partial charge in [0.25, 0.3) is 11.8 Å². The molecular formula is C49H55FN6O6. The van der Waals surface area contributed by atoms with E-state index in [0.717, 1.165) is 43.2 Å². The van der Waals surface area contributed by atoms with Crippen LogP contribution in [0.1, 0.15) is 101 Å². The summed E-state index contributed by atoms with van der Waals surface area (Å²) in [6.07, 6.45) is 5.42. The number of hydrogen-bond donors (Lipinski definition) is 5. The van der Waals surface area contributed by atoms with Crippen molar-refractivity contribution in [1.82, 2.24) is 31.5 Å². The van der Waals surface area contributed by atoms with Crippen molar-refractivity contribution in [3.05, 3.63) is 143 Å². The van der Waals surface area contributed by atoms with Gasteiger partial charge in [-0.2, -0.15) is 0 Å². The van der Waals surface area contributed by atoms with Gasteiger partial charge in [0.1, 0.15) is 11.9 Å². The average molecular weight is 843 g/mol. The Morgan fingerprint density at radius 3 is 1.76 bits per heavy atom. The number of hydrogen-bond acceptors (Lipinski definition) is 6. The van der Waals surface area contributed by atoms with Gasteiger partial charge in [-0.05, 0) is 72.4 Å². The van der Waals surface area contributed by atoms with Gasteiger partial charge in [0.15, 0.2) is 0 Å². The Bertz CT molecular complexity index is 2130. The summed E-state index contributed by atoms with van der Waals surface area (Å²) < 4.78 is 13.4. The predicted octanol–water partition coefficient (Wildman–Crippen LogP) is 5.36. The summed E-state index contributed by atoms with van der Waals surface area (Å²) >= 11 is 0. The molecule has 12 nitrogen and oxygen atoms in total. The first kappa shape index (κ1) is 43.7. The van der Waals surface area contributed by atoms with Crippen LogP contribution >= 0.6 is 0 Å². The number of nitrogens with one attached hydrogen (secondary N) is 5. The number of carbonyl (C=O) groups excluding carboxylic acids is 6. The van der Waals surface area contributed by atoms with Crippen LogP contribution < -0.4 is 26.6 Å². The lowest BCUT2D eigenvalue weighted by atomic mass is 9.94. The minimum Gasteiger partial charge on any atom is -0.352 e. The first-order valence-electron chi connectivity index (χ1n) is 21.8. The van der Waals surface area contributed by atoms with Crippen molar-refractivity contribution in [2.45, 2.75) is 88.4 Å². The number of rotatable bonds is 19. The summed E-state index contributed by atoms with van der Waals surface area (Å²) in [5, 5.41) is 14.5. The number of halogens is 1. The van der Waals surface area contributed by atoms with Gasteiger partial charge in [-0.15, -0.1) is 0 Å². The molecule has 13 heteroatoms. The van der Waals surface area contributed by atoms with Gasteiger partial charge in [0.2, 0.25) is 23.6 Å². The number of likely N-dealkylation sites (tertiary alicyclic amines) is 1. The van der Waals surface area contributed by atoms with Crippen molar-refractivity contribution in [2.75, 3.05) is 19.6 Å². The summed E-state index contributed by atoms with van der Waals surface area (Å²) in [7, 11) is 0. The highest BCUT2D eigenvalue weighted by molar-refractivity contribution is 5.99. The van der Waals surface area contributed by atoms with Gasteiger partial charge in [-0.1, -0.05) is 99.0 Å². The fraction of sp³-hybridized carbons (Fsp3) is 0.388. The summed E-state index contributed by atoms with van der Waals surface area (Å²) in [6, 6.07) is 30.5. The smallest absolute Gasteiger partial charge is 0.253 e. The number of unbranched alkanes of at least 4 members (excludes halogenated alkanes) is 3. The molecule has 7 rings (SSSR count). The third-order valence-electron chi connectivity index (χ3n) is 12.1. The minimum absolute atomic E-state index is 0.0409. The van der Waals surface area contributed by atoms with Crippen LogP contribution in [0.3, 0.4) is 0 Å². The number of benzene rings is 4. The van der Waals surface area contributed by atoms with Crippen molar-refractivity contribution in [3.63, 3.8) is 0 Å². The van der Waals surface area contributed by atoms with E-state index in [4.69, 9.17) is 0 Å². The molecule has 0 spiro atoms. The molecular weight excluding hydrogens is 788 g/mol. The molecule has 1 aliphatic heterocycles. The third-order valence-corrected chi connectivity index (χ3v) is 12.1. The van der Waals surface area contributed by atoms with Gasteiger partial charge in [0.05, 0.1) is 11.8 Å². The standard InChI is InChI=1S/C49H55FN6O6/c1-2-3-4-11-16-44(57)53-43(48(61)51-27-31-17-23-36(50)24-18-31)28-52-45(58)34-19-21-35(22-20-34)49(62)56-29-39(46(59)54-41-25-37(41)32-12-7-5-8-13-32)40(30-56)47(60)55-42-26-38(42)33-14-9-6-10-15-33/h5-10,12-15,17-24,37-43H,2-4,11,16,25-30H2,1H3,(H,51,61)(H,52,58)(H,53,57)(H,54,59)(H,55,60)/t37-,38-,39-,40-,41+,42+,43+/m1/s1. The monoisotopic (exact) mass is 842 g/mol. The van der Waals surface area contributed by atoms with E-state index in [2.05, 4.69) is 33.5 Å². The fourth-order valence-electron chi connectivity index (χ4n) is 8.27. The van der Waals surface area contributed by atoms with E-state index in [9.17, 15) is 33.2 Å². The number of amides is 6. The van der Waals surface area contributed by atoms with Gasteiger partial charge < -0.3 is 31.5 Å². The van der Waals surface area contributed by atoms with Crippen LogP contribution in [-0.4, -0.2) is 78.1 Å². The summed E-state index contributed by atoms with van der Waals surface area (Å²) in [5.41, 5.74) is 3.48. The maximum Gasteiger partial charge on any atom is 0.253 e. The molecule has 5 N–H and O–H groups in total. The second kappa shape index (κ2) is 20.5. The first-order valence-corrected chi connectivity index (χ1v) is 21.8. The Morgan fingerprint density at radius 1 is 0.661 bits per heavy atom. The molecule has 1 saturated heterocycles. The summed E-state index contributed by atoms with van der Waals surface area (Å²) in [6.45, 7) is 2.11. The molecule has 6 amide bonds. The Kier molecular flexibility index (Phi) is 14.4. The zero-order valence-electron chi connectivity index (χ0n) is 35.0. The molecule has 0 unspecified atom stereocenters. The van der Waals surface area contributed by atoms with Crippen molar-refractivity contribution in [1.29, 1.82) is 0 Å². The van der Waals surface area contributed by atoms with E-state index in [-0.39, 0.29) is 91.3 Å². The van der Waals surface area contributed by atoms with Gasteiger partial charge in [-0.3, -0.25) is 28.8 Å². The van der Waals surface area contributed by atoms with Crippen molar-refractivity contribution in [3.8, 4) is 0 Å². The lowest BCUT2D eigenvalue weighted by Gasteiger charge is -2.19. The Hall–Kier alpha value is -6.37. The molecule has 7 atom stereocenters. The number of carbonyl (C=O) groups is 6. The highest BCUT2D eigenvalue weighted by atomic mass is 19.1. The molecule has 0 bridgehead atoms. The molecule has 2 aliphatic carbocycles. The zero-order valence-corrected chi connectivity index (χ0v) is 35.0. The van der Waals surface area contributed by atoms with Crippen LogP contribution in [0.25, 0.3) is 0 Å². The van der Waals surface area contributed by atoms with Crippen LogP contribution in [0.15, 0.2) is 109 Å². The van der Waals surface area contributed by atoms with Crippen molar-refractivity contribution < 1.29 is 33.2 Å². The Morgan fingerprint density at radius 2 is 1.21 bits per heavy atom. The SMILES string of the molecule is CCCCCCC(=O)N[C@@H](CNC(=O)c1ccc(C(=O)N2C[C@@H](C(=O)N[C@H]3C[C@@H]3c3ccccc3)[C@H](C(=O)N[C@H]3C[C@@H]3c3ccccc3)C2)cc1)C(=O)NCc1ccc(F)cc1. The van der Waals surface area contributed by atoms with Gasteiger partial charge >= 0.3 is 0 Å². The van der Waals surface area contributed by atoms with Crippen molar-refractivity contribution >= 4 is 35.4 Å². The molecule has 4 aromatic carbocycles. The summed E-state index contributed by atoms with van der Waals surface area (Å²) in [5.74, 6) is -3.68. The zero-order chi connectivity index (χ0) is 43.6. The second-order valence-electron chi connectivity index (χ2n) is 16.7. The normalized spacial score (nSPS) is 21.5. The van der Waals surface area contributed by atoms with E-state index in [1.54, 1.807) is 12.1 Å². The quantitative estimate of drug-likeness (QED) is 0.0798. The van der Waals surface area contributed by atoms with E-state index in [0.29, 0.717) is 12.0 Å². The van der Waals surface area contributed by atoms with Gasteiger partial charge in [-0.25, -0.2) is 4.39 Å². The molecule has 4 aromatic rings. The molecule has 3 fully saturated rings. The Balaban J connectivity index is 0.970. The van der Waals surface area contributed by atoms with Crippen LogP contribution in [0.4, 0.5) is 4.39 Å². The van der Waals surface area contributed by atoms with Crippen LogP contribution in [0.2, 0.25) is 0 Å². The highest BCUT2D eigenvalue weighted by Gasteiger charge is 2.49. The minimum atomic E-state index is -1.07. The van der Waals surface area contributed by atoms with Crippen LogP contribution in [0.5, 0.6) is 0 Å². The molecule has 0 aromatic heterocycles. The molecule has 2 saturated carbocycles. The summed E-state index contributed by atoms with van der Waals surface area (Å²) in [4.78, 5) is 82.5. The molecule has 0 radical (unpaired) electrons. The van der Waals surface area contributed by atoms with E-state index in [1.807, 2.05) is 60.7 Å². The number of nitrogens with zero attached hydrogens (tertiary/aromatic N) is 1. The van der Waals surface area contributed by atoms with Crippen molar-refractivity contribution in [2.24, 2.45) is 11.8 Å². The molecule has 62 heavy (non-hydrogen) atoms. The molecule has 3 aliphatic rings. The largest absolute Gasteiger partial charge is 0.352 e. The van der Waals surface area contributed by atoms with Gasteiger partial charge in [0, 0.05) is 67.6 Å². The van der Waals surface area contributed by atoms with Crippen LogP contribution in [-0.2, 0) is 25.7 Å². The fourth-order valence-corrected chi connectivity index (χ4v) is 8.27. The maximum absolute atomic E-state index is 14.0. The third kappa shape index (κ3) is 11.5. The topological polar surface area (TPSA) is 166 Å². The lowest BCUT2D eigenvalue weighted by molar-refractivity contribution is -0.133. The van der Waals surface area contributed by atoms with E-state index in [1.165, 1.54) is 41.3 Å². The molecule has 1 heterocycles. The first-order chi connectivity index (χ1) is 30.1. The van der Waals surface area contributed by atoms with E-state index < -0.39 is 35.5 Å². The lowest BCUT2D eigenvalue weighted by Crippen LogP contribution is -2.52. The maximum atomic E-state index is 14.0. The average Bonchev–Trinajstić information content (AvgIpc) is 4.21. The Labute approximate surface area is 361 Å². The second-order valence-corrected chi connectivity index (χ2v) is 16.7. The molecule has 324 valence electrons. The highest BCUT2D eigenvalue weighted by Crippen LogP contribution is 2.42. The predicted molar refractivity (Wildman–Crippen MR) is 232 cm³/mol.